The van der Waals surface area contributed by atoms with Crippen LogP contribution in [0.1, 0.15) is 30.1 Å². The van der Waals surface area contributed by atoms with E-state index < -0.39 is 0 Å². The van der Waals surface area contributed by atoms with Crippen molar-refractivity contribution in [2.75, 3.05) is 5.73 Å². The van der Waals surface area contributed by atoms with Crippen LogP contribution in [-0.2, 0) is 11.2 Å². The van der Waals surface area contributed by atoms with Crippen molar-refractivity contribution in [3.05, 3.63) is 41.9 Å². The topological polar surface area (TPSA) is 96.7 Å². The Morgan fingerprint density at radius 2 is 2.30 bits per heavy atom. The van der Waals surface area contributed by atoms with Gasteiger partial charge >= 0.3 is 0 Å². The van der Waals surface area contributed by atoms with E-state index in [2.05, 4.69) is 20.5 Å². The number of hydrogen-bond acceptors (Lipinski definition) is 4. The van der Waals surface area contributed by atoms with E-state index in [-0.39, 0.29) is 11.9 Å². The maximum atomic E-state index is 11.9. The van der Waals surface area contributed by atoms with Crippen LogP contribution < -0.4 is 11.1 Å². The third kappa shape index (κ3) is 2.79. The molecule has 3 rings (SSSR count). The summed E-state index contributed by atoms with van der Waals surface area (Å²) in [6.07, 6.45) is 3.86. The molecule has 6 heteroatoms. The molecule has 0 radical (unpaired) electrons. The van der Waals surface area contributed by atoms with Gasteiger partial charge in [0, 0.05) is 29.9 Å². The summed E-state index contributed by atoms with van der Waals surface area (Å²) in [6, 6.07) is 7.67. The number of nitrogens with zero attached hydrogens (tertiary/aromatic N) is 2. The van der Waals surface area contributed by atoms with Crippen molar-refractivity contribution in [1.29, 1.82) is 0 Å². The Bertz CT molecular complexity index is 589. The van der Waals surface area contributed by atoms with Crippen LogP contribution in [0.5, 0.6) is 0 Å². The molecule has 1 aliphatic rings. The Hall–Kier alpha value is -2.37. The number of hydrogen-bond donors (Lipinski definition) is 3. The molecule has 1 fully saturated rings. The lowest BCUT2D eigenvalue weighted by atomic mass is 9.78. The van der Waals surface area contributed by atoms with Gasteiger partial charge in [0.15, 0.2) is 0 Å². The lowest BCUT2D eigenvalue weighted by molar-refractivity contribution is -0.121. The second-order valence-electron chi connectivity index (χ2n) is 5.18. The molecule has 0 atom stereocenters. The summed E-state index contributed by atoms with van der Waals surface area (Å²) in [6.45, 7) is 0. The monoisotopic (exact) mass is 271 g/mol. The van der Waals surface area contributed by atoms with Crippen LogP contribution in [0, 0.1) is 0 Å². The SMILES string of the molecule is Nc1cc([C@H]2C[C@@H](NC(=O)Cc3ccccn3)C2)n[nH]1. The van der Waals surface area contributed by atoms with Gasteiger partial charge in [-0.25, -0.2) is 0 Å². The molecular weight excluding hydrogens is 254 g/mol. The van der Waals surface area contributed by atoms with Crippen LogP contribution in [0.25, 0.3) is 0 Å². The number of carbonyl (C=O) groups is 1. The number of anilines is 1. The smallest absolute Gasteiger partial charge is 0.226 e. The van der Waals surface area contributed by atoms with Crippen LogP contribution in [0.4, 0.5) is 5.82 Å². The van der Waals surface area contributed by atoms with Gasteiger partial charge in [-0.15, -0.1) is 0 Å². The minimum Gasteiger partial charge on any atom is -0.384 e. The first-order valence-corrected chi connectivity index (χ1v) is 6.71. The van der Waals surface area contributed by atoms with Crippen molar-refractivity contribution < 1.29 is 4.79 Å². The standard InChI is InChI=1S/C14H17N5O/c15-13-8-12(18-19-13)9-5-11(6-9)17-14(20)7-10-3-1-2-4-16-10/h1-4,8-9,11H,5-7H2,(H,17,20)(H3,15,18,19)/t9-,11+. The Labute approximate surface area is 116 Å². The minimum absolute atomic E-state index is 0.0219. The van der Waals surface area contributed by atoms with Gasteiger partial charge in [-0.3, -0.25) is 14.9 Å². The van der Waals surface area contributed by atoms with E-state index >= 15 is 0 Å². The van der Waals surface area contributed by atoms with E-state index in [4.69, 9.17) is 5.73 Å². The number of nitrogens with two attached hydrogens (primary N) is 1. The van der Waals surface area contributed by atoms with Crippen LogP contribution in [0.2, 0.25) is 0 Å². The first kappa shape index (κ1) is 12.7. The third-order valence-corrected chi connectivity index (χ3v) is 3.61. The maximum Gasteiger partial charge on any atom is 0.226 e. The fourth-order valence-electron chi connectivity index (χ4n) is 2.49. The Kier molecular flexibility index (Phi) is 3.37. The van der Waals surface area contributed by atoms with Crippen LogP contribution in [0.15, 0.2) is 30.5 Å². The predicted molar refractivity (Wildman–Crippen MR) is 74.8 cm³/mol. The van der Waals surface area contributed by atoms with Gasteiger partial charge in [0.2, 0.25) is 5.91 Å². The highest BCUT2D eigenvalue weighted by molar-refractivity contribution is 5.78. The van der Waals surface area contributed by atoms with Crippen molar-refractivity contribution in [3.8, 4) is 0 Å². The number of rotatable bonds is 4. The number of H-pyrrole nitrogens is 1. The quantitative estimate of drug-likeness (QED) is 0.772. The normalized spacial score (nSPS) is 21.2. The van der Waals surface area contributed by atoms with Gasteiger partial charge in [0.25, 0.3) is 0 Å². The number of pyridine rings is 1. The molecule has 1 saturated carbocycles. The number of nitrogens with one attached hydrogen (secondary N) is 2. The highest BCUT2D eigenvalue weighted by Gasteiger charge is 2.32. The van der Waals surface area contributed by atoms with Gasteiger partial charge in [-0.05, 0) is 25.0 Å². The van der Waals surface area contributed by atoms with Crippen molar-refractivity contribution >= 4 is 11.7 Å². The number of aromatic nitrogens is 3. The molecular formula is C14H17N5O. The number of carbonyl (C=O) groups excluding carboxylic acids is 1. The summed E-state index contributed by atoms with van der Waals surface area (Å²) >= 11 is 0. The highest BCUT2D eigenvalue weighted by atomic mass is 16.1. The fraction of sp³-hybridized carbons (Fsp3) is 0.357. The number of aromatic amines is 1. The van der Waals surface area contributed by atoms with Gasteiger partial charge < -0.3 is 11.1 Å². The van der Waals surface area contributed by atoms with Gasteiger partial charge in [-0.2, -0.15) is 5.10 Å². The molecule has 1 amide bonds. The zero-order chi connectivity index (χ0) is 13.9. The molecule has 1 aliphatic carbocycles. The molecule has 4 N–H and O–H groups in total. The molecule has 2 aromatic heterocycles. The van der Waals surface area contributed by atoms with Crippen LogP contribution in [0.3, 0.4) is 0 Å². The third-order valence-electron chi connectivity index (χ3n) is 3.61. The zero-order valence-electron chi connectivity index (χ0n) is 11.0. The summed E-state index contributed by atoms with van der Waals surface area (Å²) in [5.41, 5.74) is 7.38. The largest absolute Gasteiger partial charge is 0.384 e. The fourth-order valence-corrected chi connectivity index (χ4v) is 2.49. The summed E-state index contributed by atoms with van der Waals surface area (Å²) in [5, 5.41) is 9.91. The molecule has 0 spiro atoms. The average Bonchev–Trinajstić information content (AvgIpc) is 2.81. The first-order chi connectivity index (χ1) is 9.70. The van der Waals surface area contributed by atoms with E-state index in [0.29, 0.717) is 18.2 Å². The molecule has 20 heavy (non-hydrogen) atoms. The molecule has 0 unspecified atom stereocenters. The summed E-state index contributed by atoms with van der Waals surface area (Å²) in [4.78, 5) is 16.0. The second-order valence-corrected chi connectivity index (χ2v) is 5.18. The number of nitrogen functional groups attached to an aromatic ring is 1. The first-order valence-electron chi connectivity index (χ1n) is 6.71. The van der Waals surface area contributed by atoms with E-state index in [1.54, 1.807) is 6.20 Å². The van der Waals surface area contributed by atoms with Crippen molar-refractivity contribution in [2.45, 2.75) is 31.2 Å². The summed E-state index contributed by atoms with van der Waals surface area (Å²) in [5.74, 6) is 1.00. The summed E-state index contributed by atoms with van der Waals surface area (Å²) < 4.78 is 0. The minimum atomic E-state index is 0.0219. The average molecular weight is 271 g/mol. The van der Waals surface area contributed by atoms with E-state index in [0.717, 1.165) is 24.2 Å². The molecule has 0 aliphatic heterocycles. The van der Waals surface area contributed by atoms with Crippen molar-refractivity contribution in [3.63, 3.8) is 0 Å². The van der Waals surface area contributed by atoms with E-state index in [9.17, 15) is 4.79 Å². The van der Waals surface area contributed by atoms with Gasteiger partial charge in [-0.1, -0.05) is 6.07 Å². The Morgan fingerprint density at radius 3 is 2.95 bits per heavy atom. The molecule has 6 nitrogen and oxygen atoms in total. The molecule has 104 valence electrons. The molecule has 0 saturated heterocycles. The maximum absolute atomic E-state index is 11.9. The highest BCUT2D eigenvalue weighted by Crippen LogP contribution is 2.36. The van der Waals surface area contributed by atoms with Crippen LogP contribution >= 0.6 is 0 Å². The van der Waals surface area contributed by atoms with Crippen molar-refractivity contribution in [2.24, 2.45) is 0 Å². The molecule has 2 heterocycles. The predicted octanol–water partition coefficient (Wildman–Crippen LogP) is 0.992. The number of amides is 1. The van der Waals surface area contributed by atoms with Crippen molar-refractivity contribution in [1.82, 2.24) is 20.5 Å². The van der Waals surface area contributed by atoms with Gasteiger partial charge in [0.1, 0.15) is 5.82 Å². The van der Waals surface area contributed by atoms with E-state index in [1.807, 2.05) is 24.3 Å². The van der Waals surface area contributed by atoms with E-state index in [1.165, 1.54) is 0 Å². The zero-order valence-corrected chi connectivity index (χ0v) is 11.0. The molecule has 2 aromatic rings. The molecule has 0 bridgehead atoms. The molecule has 0 aromatic carbocycles. The lowest BCUT2D eigenvalue weighted by Crippen LogP contribution is -2.44. The Balaban J connectivity index is 1.46. The second kappa shape index (κ2) is 5.32. The van der Waals surface area contributed by atoms with Crippen LogP contribution in [-0.4, -0.2) is 27.1 Å². The van der Waals surface area contributed by atoms with Gasteiger partial charge in [0.05, 0.1) is 12.1 Å². The lowest BCUT2D eigenvalue weighted by Gasteiger charge is -2.34. The summed E-state index contributed by atoms with van der Waals surface area (Å²) in [7, 11) is 0. The Morgan fingerprint density at radius 1 is 1.45 bits per heavy atom.